The third kappa shape index (κ3) is 9.10. The van der Waals surface area contributed by atoms with Gasteiger partial charge >= 0.3 is 5.97 Å². The van der Waals surface area contributed by atoms with Crippen LogP contribution in [0.3, 0.4) is 0 Å². The second kappa shape index (κ2) is 13.7. The number of benzene rings is 1. The molecule has 0 amide bonds. The molecule has 0 aliphatic carbocycles. The molecule has 0 fully saturated rings. The summed E-state index contributed by atoms with van der Waals surface area (Å²) in [6, 6.07) is 5.46. The summed E-state index contributed by atoms with van der Waals surface area (Å²) in [4.78, 5) is 20.6. The number of sulfonamides is 1. The molecule has 3 unspecified atom stereocenters. The normalized spacial score (nSPS) is 14.5. The fourth-order valence-corrected chi connectivity index (χ4v) is 3.72. The summed E-state index contributed by atoms with van der Waals surface area (Å²) in [5.74, 6) is -1.55. The number of hydrogen-bond donors (Lipinski definition) is 4. The molecule has 2 rings (SSSR count). The highest BCUT2D eigenvalue weighted by atomic mass is 32.2. The van der Waals surface area contributed by atoms with Crippen LogP contribution in [0.2, 0.25) is 0 Å². The second-order valence-corrected chi connectivity index (χ2v) is 11.1. The monoisotopic (exact) mass is 555 g/mol. The van der Waals surface area contributed by atoms with Crippen LogP contribution in [0, 0.1) is 5.82 Å². The summed E-state index contributed by atoms with van der Waals surface area (Å²) in [5.41, 5.74) is 1.73. The number of aliphatic hydroxyl groups is 4. The Labute approximate surface area is 221 Å². The molecule has 0 saturated heterocycles. The van der Waals surface area contributed by atoms with E-state index >= 15 is 0 Å². The van der Waals surface area contributed by atoms with Crippen LogP contribution in [0.1, 0.15) is 43.9 Å². The van der Waals surface area contributed by atoms with Crippen LogP contribution in [0.5, 0.6) is 0 Å². The highest BCUT2D eigenvalue weighted by Gasteiger charge is 2.23. The fourth-order valence-electron chi connectivity index (χ4n) is 3.34. The van der Waals surface area contributed by atoms with Gasteiger partial charge in [0.15, 0.2) is 0 Å². The Kier molecular flexibility index (Phi) is 11.3. The summed E-state index contributed by atoms with van der Waals surface area (Å²) >= 11 is 0. The Balaban J connectivity index is 2.38. The van der Waals surface area contributed by atoms with Crippen molar-refractivity contribution in [3.63, 3.8) is 0 Å². The molecule has 1 heterocycles. The minimum atomic E-state index is -3.68. The standard InChI is InChI=1S/C25H34FN3O8S/c1-15(2)23-21(10-9-18(31)11-19(32)12-22(34)37-14-20(33)13-30)24(16-5-7-17(26)8-6-16)28-25(27-23)29(3)38(4,35)36/h5-10,15,18-20,30-33H,11-14H2,1-4H3/b10-9+. The molecule has 3 atom stereocenters. The lowest BCUT2D eigenvalue weighted by molar-refractivity contribution is -0.149. The minimum Gasteiger partial charge on any atom is -0.463 e. The Morgan fingerprint density at radius 2 is 1.76 bits per heavy atom. The minimum absolute atomic E-state index is 0.0755. The molecule has 4 N–H and O–H groups in total. The molecule has 0 bridgehead atoms. The molecule has 0 saturated carbocycles. The van der Waals surface area contributed by atoms with E-state index in [0.29, 0.717) is 22.5 Å². The van der Waals surface area contributed by atoms with Crippen LogP contribution in [0.4, 0.5) is 10.3 Å². The van der Waals surface area contributed by atoms with Crippen molar-refractivity contribution in [2.24, 2.45) is 0 Å². The predicted octanol–water partition coefficient (Wildman–Crippen LogP) is 1.21. The zero-order valence-corrected chi connectivity index (χ0v) is 22.5. The maximum atomic E-state index is 13.6. The van der Waals surface area contributed by atoms with E-state index in [2.05, 4.69) is 9.97 Å². The smallest absolute Gasteiger partial charge is 0.308 e. The average Bonchev–Trinajstić information content (AvgIpc) is 2.84. The number of anilines is 1. The number of carbonyl (C=O) groups excluding carboxylic acids is 1. The number of carbonyl (C=O) groups is 1. The first-order valence-corrected chi connectivity index (χ1v) is 13.7. The highest BCUT2D eigenvalue weighted by molar-refractivity contribution is 7.92. The summed E-state index contributed by atoms with van der Waals surface area (Å²) < 4.78 is 43.6. The van der Waals surface area contributed by atoms with Crippen molar-refractivity contribution < 1.29 is 42.8 Å². The van der Waals surface area contributed by atoms with Crippen molar-refractivity contribution in [1.29, 1.82) is 0 Å². The van der Waals surface area contributed by atoms with Gasteiger partial charge in [0.2, 0.25) is 16.0 Å². The molecule has 2 aromatic rings. The zero-order chi connectivity index (χ0) is 28.6. The second-order valence-electron chi connectivity index (χ2n) is 9.10. The van der Waals surface area contributed by atoms with E-state index in [4.69, 9.17) is 9.84 Å². The molecule has 0 radical (unpaired) electrons. The number of esters is 1. The Hall–Kier alpha value is -2.97. The third-order valence-electron chi connectivity index (χ3n) is 5.46. The fraction of sp³-hybridized carbons (Fsp3) is 0.480. The molecule has 38 heavy (non-hydrogen) atoms. The number of aromatic nitrogens is 2. The highest BCUT2D eigenvalue weighted by Crippen LogP contribution is 2.31. The quantitative estimate of drug-likeness (QED) is 0.263. The topological polar surface area (TPSA) is 170 Å². The SMILES string of the molecule is CC(C)c1nc(N(C)S(C)(=O)=O)nc(-c2ccc(F)cc2)c1/C=C/C(O)CC(O)CC(=O)OCC(O)CO. The molecule has 13 heteroatoms. The molecule has 1 aromatic heterocycles. The van der Waals surface area contributed by atoms with Crippen molar-refractivity contribution in [2.45, 2.75) is 50.9 Å². The molecule has 0 spiro atoms. The van der Waals surface area contributed by atoms with E-state index in [0.717, 1.165) is 10.6 Å². The van der Waals surface area contributed by atoms with Crippen LogP contribution in [-0.2, 0) is 19.6 Å². The van der Waals surface area contributed by atoms with Gasteiger partial charge in [-0.2, -0.15) is 0 Å². The molecule has 0 aliphatic rings. The van der Waals surface area contributed by atoms with Crippen molar-refractivity contribution in [3.05, 3.63) is 47.4 Å². The summed E-state index contributed by atoms with van der Waals surface area (Å²) in [6.07, 6.45) is -0.391. The molecule has 1 aromatic carbocycles. The van der Waals surface area contributed by atoms with Crippen LogP contribution in [-0.4, -0.2) is 89.6 Å². The first-order valence-electron chi connectivity index (χ1n) is 11.8. The number of aliphatic hydroxyl groups excluding tert-OH is 4. The number of nitrogens with zero attached hydrogens (tertiary/aromatic N) is 3. The lowest BCUT2D eigenvalue weighted by Gasteiger charge is -2.20. The van der Waals surface area contributed by atoms with E-state index < -0.39 is 59.8 Å². The van der Waals surface area contributed by atoms with Gasteiger partial charge in [0.05, 0.1) is 42.9 Å². The summed E-state index contributed by atoms with van der Waals surface area (Å²) in [5, 5.41) is 38.6. The van der Waals surface area contributed by atoms with Gasteiger partial charge in [-0.1, -0.05) is 26.0 Å². The van der Waals surface area contributed by atoms with E-state index in [9.17, 15) is 32.9 Å². The van der Waals surface area contributed by atoms with E-state index in [1.165, 1.54) is 43.5 Å². The van der Waals surface area contributed by atoms with Crippen LogP contribution in [0.15, 0.2) is 30.3 Å². The van der Waals surface area contributed by atoms with Crippen LogP contribution < -0.4 is 4.31 Å². The van der Waals surface area contributed by atoms with Gasteiger partial charge in [0.1, 0.15) is 18.5 Å². The largest absolute Gasteiger partial charge is 0.463 e. The van der Waals surface area contributed by atoms with Crippen LogP contribution in [0.25, 0.3) is 17.3 Å². The molecule has 0 aliphatic heterocycles. The van der Waals surface area contributed by atoms with E-state index in [1.807, 2.05) is 13.8 Å². The van der Waals surface area contributed by atoms with Gasteiger partial charge in [0, 0.05) is 24.6 Å². The summed E-state index contributed by atoms with van der Waals surface area (Å²) in [6.45, 7) is 2.70. The maximum absolute atomic E-state index is 13.6. The van der Waals surface area contributed by atoms with Crippen molar-refractivity contribution >= 4 is 28.0 Å². The van der Waals surface area contributed by atoms with E-state index in [1.54, 1.807) is 0 Å². The van der Waals surface area contributed by atoms with Gasteiger partial charge in [-0.3, -0.25) is 4.79 Å². The molecular weight excluding hydrogens is 521 g/mol. The Bertz CT molecular complexity index is 1220. The average molecular weight is 556 g/mol. The van der Waals surface area contributed by atoms with Crippen LogP contribution >= 0.6 is 0 Å². The van der Waals surface area contributed by atoms with Gasteiger partial charge in [-0.15, -0.1) is 0 Å². The van der Waals surface area contributed by atoms with Crippen molar-refractivity contribution in [3.8, 4) is 11.3 Å². The number of hydrogen-bond acceptors (Lipinski definition) is 10. The first kappa shape index (κ1) is 31.2. The van der Waals surface area contributed by atoms with Gasteiger partial charge in [0.25, 0.3) is 0 Å². The zero-order valence-electron chi connectivity index (χ0n) is 21.7. The Morgan fingerprint density at radius 3 is 2.32 bits per heavy atom. The maximum Gasteiger partial charge on any atom is 0.308 e. The number of ether oxygens (including phenoxy) is 1. The van der Waals surface area contributed by atoms with E-state index in [-0.39, 0.29) is 18.3 Å². The molecule has 210 valence electrons. The van der Waals surface area contributed by atoms with Crippen molar-refractivity contribution in [2.75, 3.05) is 30.8 Å². The molecule has 11 nitrogen and oxygen atoms in total. The third-order valence-corrected chi connectivity index (χ3v) is 6.61. The molecular formula is C25H34FN3O8S. The first-order chi connectivity index (χ1) is 17.7. The lowest BCUT2D eigenvalue weighted by Crippen LogP contribution is -2.27. The Morgan fingerprint density at radius 1 is 1.13 bits per heavy atom. The number of halogens is 1. The number of rotatable bonds is 13. The van der Waals surface area contributed by atoms with Gasteiger partial charge in [-0.05, 0) is 30.2 Å². The van der Waals surface area contributed by atoms with Gasteiger partial charge < -0.3 is 25.2 Å². The predicted molar refractivity (Wildman–Crippen MR) is 139 cm³/mol. The summed E-state index contributed by atoms with van der Waals surface area (Å²) in [7, 11) is -2.36. The van der Waals surface area contributed by atoms with Crippen molar-refractivity contribution in [1.82, 2.24) is 9.97 Å². The lowest BCUT2D eigenvalue weighted by atomic mass is 9.97. The van der Waals surface area contributed by atoms with Gasteiger partial charge in [-0.25, -0.2) is 27.1 Å².